The highest BCUT2D eigenvalue weighted by atomic mass is 16.5. The number of fused-ring (bicyclic) bond motifs is 7. The lowest BCUT2D eigenvalue weighted by molar-refractivity contribution is 0.229. The molecule has 2 N–H and O–H groups in total. The van der Waals surface area contributed by atoms with Crippen LogP contribution in [-0.4, -0.2) is 5.84 Å². The van der Waals surface area contributed by atoms with Crippen LogP contribution in [0.15, 0.2) is 205 Å². The smallest absolute Gasteiger partial charge is 0.131 e. The van der Waals surface area contributed by atoms with Gasteiger partial charge in [-0.15, -0.1) is 0 Å². The Hall–Kier alpha value is -7.01. The molecule has 2 aliphatic rings. The predicted octanol–water partition coefficient (Wildman–Crippen LogP) is 12.8. The van der Waals surface area contributed by atoms with Gasteiger partial charge in [0.15, 0.2) is 0 Å². The summed E-state index contributed by atoms with van der Waals surface area (Å²) in [6, 6.07) is 71.0. The molecule has 4 nitrogen and oxygen atoms in total. The lowest BCUT2D eigenvalue weighted by atomic mass is 9.84. The molecule has 8 aromatic carbocycles. The van der Waals surface area contributed by atoms with Crippen LogP contribution in [0.3, 0.4) is 0 Å². The zero-order valence-electron chi connectivity index (χ0n) is 31.6. The third-order valence-electron chi connectivity index (χ3n) is 11.2. The summed E-state index contributed by atoms with van der Waals surface area (Å²) in [4.78, 5) is 5.23. The van der Waals surface area contributed by atoms with Gasteiger partial charge in [0.2, 0.25) is 0 Å². The number of para-hydroxylation sites is 1. The van der Waals surface area contributed by atoms with Gasteiger partial charge in [-0.05, 0) is 74.2 Å². The molecule has 0 radical (unpaired) electrons. The summed E-state index contributed by atoms with van der Waals surface area (Å²) in [6.07, 6.45) is -0.583. The Morgan fingerprint density at radius 3 is 1.58 bits per heavy atom. The van der Waals surface area contributed by atoms with E-state index in [1.165, 1.54) is 38.9 Å². The van der Waals surface area contributed by atoms with E-state index in [2.05, 4.69) is 212 Å². The van der Waals surface area contributed by atoms with Crippen molar-refractivity contribution in [2.75, 3.05) is 0 Å². The molecule has 0 spiro atoms. The SMILES string of the molecule is CC1Oc2ccccc2-c2ccccc2-c2ccccc2-c2cccc(-c3ccc(C4=NC(c5ccccc5)NC(c5ccc(-c6ccccc6)cc5)N4)cc3)c21. The van der Waals surface area contributed by atoms with Crippen molar-refractivity contribution in [1.29, 1.82) is 0 Å². The van der Waals surface area contributed by atoms with Crippen molar-refractivity contribution in [3.8, 4) is 61.4 Å². The topological polar surface area (TPSA) is 45.6 Å². The standard InChI is InChI=1S/C53H41N3O/c1-35-50-42(24-14-25-48(50)46-22-11-9-20-44(46)43-19-8-10-21-45(43)47-23-12-13-26-49(47)57-35)38-29-33-41(34-30-38)53-55-51(39-17-6-3-7-18-39)54-52(56-53)40-31-27-37(28-32-40)36-15-4-2-5-16-36/h2-35,51-52,54H,1H3,(H,55,56). The van der Waals surface area contributed by atoms with E-state index in [9.17, 15) is 0 Å². The first-order valence-corrected chi connectivity index (χ1v) is 19.7. The van der Waals surface area contributed by atoms with Crippen LogP contribution >= 0.6 is 0 Å². The average Bonchev–Trinajstić information content (AvgIpc) is 3.29. The Morgan fingerprint density at radius 1 is 0.404 bits per heavy atom. The monoisotopic (exact) mass is 735 g/mol. The van der Waals surface area contributed by atoms with E-state index in [1.807, 2.05) is 6.07 Å². The molecule has 274 valence electrons. The van der Waals surface area contributed by atoms with Crippen molar-refractivity contribution in [3.05, 3.63) is 222 Å². The molecule has 2 aliphatic heterocycles. The molecule has 0 saturated heterocycles. The van der Waals surface area contributed by atoms with E-state index in [1.54, 1.807) is 0 Å². The summed E-state index contributed by atoms with van der Waals surface area (Å²) in [6.45, 7) is 2.17. The van der Waals surface area contributed by atoms with Crippen LogP contribution in [0.5, 0.6) is 5.75 Å². The molecule has 0 aliphatic carbocycles. The number of nitrogens with one attached hydrogen (secondary N) is 2. The molecule has 0 bridgehead atoms. The van der Waals surface area contributed by atoms with Gasteiger partial charge < -0.3 is 10.1 Å². The maximum Gasteiger partial charge on any atom is 0.131 e. The molecule has 8 aromatic rings. The summed E-state index contributed by atoms with van der Waals surface area (Å²) < 4.78 is 6.96. The minimum atomic E-state index is -0.230. The summed E-state index contributed by atoms with van der Waals surface area (Å²) in [5.41, 5.74) is 16.1. The van der Waals surface area contributed by atoms with Gasteiger partial charge in [-0.25, -0.2) is 4.99 Å². The van der Waals surface area contributed by atoms with E-state index in [4.69, 9.17) is 9.73 Å². The van der Waals surface area contributed by atoms with Crippen LogP contribution < -0.4 is 15.4 Å². The fourth-order valence-electron chi connectivity index (χ4n) is 8.43. The van der Waals surface area contributed by atoms with Crippen LogP contribution in [0.4, 0.5) is 0 Å². The second-order valence-corrected chi connectivity index (χ2v) is 14.7. The molecule has 0 saturated carbocycles. The van der Waals surface area contributed by atoms with Crippen LogP contribution in [0.25, 0.3) is 55.6 Å². The van der Waals surface area contributed by atoms with E-state index in [-0.39, 0.29) is 18.4 Å². The van der Waals surface area contributed by atoms with Gasteiger partial charge in [-0.3, -0.25) is 5.32 Å². The Labute approximate surface area is 334 Å². The van der Waals surface area contributed by atoms with Crippen molar-refractivity contribution in [3.63, 3.8) is 0 Å². The summed E-state index contributed by atoms with van der Waals surface area (Å²) >= 11 is 0. The number of hydrogen-bond donors (Lipinski definition) is 2. The highest BCUT2D eigenvalue weighted by Crippen LogP contribution is 2.47. The number of hydrogen-bond acceptors (Lipinski definition) is 4. The minimum Gasteiger partial charge on any atom is -0.485 e. The lowest BCUT2D eigenvalue weighted by Crippen LogP contribution is -2.44. The highest BCUT2D eigenvalue weighted by molar-refractivity contribution is 6.00. The second-order valence-electron chi connectivity index (χ2n) is 14.7. The lowest BCUT2D eigenvalue weighted by Gasteiger charge is -2.32. The molecule has 3 atom stereocenters. The number of rotatable bonds is 5. The number of benzene rings is 8. The predicted molar refractivity (Wildman–Crippen MR) is 234 cm³/mol. The Balaban J connectivity index is 1.04. The van der Waals surface area contributed by atoms with E-state index < -0.39 is 0 Å². The molecule has 2 heterocycles. The minimum absolute atomic E-state index is 0.139. The average molecular weight is 736 g/mol. The zero-order chi connectivity index (χ0) is 38.1. The fraction of sp³-hybridized carbons (Fsp3) is 0.0755. The molecule has 0 aromatic heterocycles. The maximum absolute atomic E-state index is 6.96. The van der Waals surface area contributed by atoms with Crippen molar-refractivity contribution in [2.45, 2.75) is 25.4 Å². The van der Waals surface area contributed by atoms with Gasteiger partial charge in [0.1, 0.15) is 30.0 Å². The third kappa shape index (κ3) is 6.60. The van der Waals surface area contributed by atoms with Crippen molar-refractivity contribution >= 4 is 5.84 Å². The van der Waals surface area contributed by atoms with E-state index in [0.29, 0.717) is 0 Å². The normalized spacial score (nSPS) is 17.0. The summed E-state index contributed by atoms with van der Waals surface area (Å²) in [5, 5.41) is 7.49. The number of aliphatic imine (C=N–C) groups is 1. The van der Waals surface area contributed by atoms with Crippen molar-refractivity contribution in [2.24, 2.45) is 4.99 Å². The van der Waals surface area contributed by atoms with Crippen LogP contribution in [0.1, 0.15) is 47.6 Å². The summed E-state index contributed by atoms with van der Waals surface area (Å²) in [5.74, 6) is 1.73. The van der Waals surface area contributed by atoms with Crippen LogP contribution in [-0.2, 0) is 0 Å². The fourth-order valence-corrected chi connectivity index (χ4v) is 8.43. The van der Waals surface area contributed by atoms with E-state index >= 15 is 0 Å². The largest absolute Gasteiger partial charge is 0.485 e. The number of ether oxygens (including phenoxy) is 1. The van der Waals surface area contributed by atoms with Gasteiger partial charge in [0.05, 0.1) is 0 Å². The first-order chi connectivity index (χ1) is 28.2. The first-order valence-electron chi connectivity index (χ1n) is 19.7. The van der Waals surface area contributed by atoms with Crippen molar-refractivity contribution in [1.82, 2.24) is 10.6 Å². The second kappa shape index (κ2) is 14.9. The molecule has 0 fully saturated rings. The molecular formula is C53H41N3O. The molecule has 0 amide bonds. The van der Waals surface area contributed by atoms with Crippen LogP contribution in [0, 0.1) is 0 Å². The zero-order valence-corrected chi connectivity index (χ0v) is 31.6. The van der Waals surface area contributed by atoms with Gasteiger partial charge in [0, 0.05) is 16.7 Å². The Kier molecular flexibility index (Phi) is 9.02. The Bertz CT molecular complexity index is 2720. The summed E-state index contributed by atoms with van der Waals surface area (Å²) in [7, 11) is 0. The molecule has 10 rings (SSSR count). The van der Waals surface area contributed by atoms with Crippen LogP contribution in [0.2, 0.25) is 0 Å². The number of nitrogens with zero attached hydrogens (tertiary/aromatic N) is 1. The molecular weight excluding hydrogens is 695 g/mol. The number of amidine groups is 1. The van der Waals surface area contributed by atoms with Crippen molar-refractivity contribution < 1.29 is 4.74 Å². The molecule has 3 unspecified atom stereocenters. The van der Waals surface area contributed by atoms with Gasteiger partial charge in [-0.2, -0.15) is 0 Å². The van der Waals surface area contributed by atoms with Gasteiger partial charge in [0.25, 0.3) is 0 Å². The Morgan fingerprint density at radius 2 is 0.895 bits per heavy atom. The van der Waals surface area contributed by atoms with E-state index in [0.717, 1.165) is 50.5 Å². The maximum atomic E-state index is 6.96. The van der Waals surface area contributed by atoms with Gasteiger partial charge >= 0.3 is 0 Å². The molecule has 57 heavy (non-hydrogen) atoms. The highest BCUT2D eigenvalue weighted by Gasteiger charge is 2.27. The quantitative estimate of drug-likeness (QED) is 0.185. The molecule has 4 heteroatoms. The first kappa shape index (κ1) is 34.5. The van der Waals surface area contributed by atoms with Gasteiger partial charge in [-0.1, -0.05) is 194 Å². The third-order valence-corrected chi connectivity index (χ3v) is 11.2.